The second-order valence-corrected chi connectivity index (χ2v) is 10.5. The van der Waals surface area contributed by atoms with Crippen LogP contribution >= 0.6 is 34.8 Å². The zero-order valence-corrected chi connectivity index (χ0v) is 22.1. The summed E-state index contributed by atoms with van der Waals surface area (Å²) in [4.78, 5) is 15.2. The van der Waals surface area contributed by atoms with Gasteiger partial charge in [-0.2, -0.15) is 0 Å². The van der Waals surface area contributed by atoms with E-state index in [9.17, 15) is 9.90 Å². The third-order valence-electron chi connectivity index (χ3n) is 6.74. The maximum Gasteiger partial charge on any atom is 0.251 e. The number of phenols is 1. The average molecular weight is 532 g/mol. The number of rotatable bonds is 6. The largest absolute Gasteiger partial charge is 0.508 e. The topological polar surface area (TPSA) is 52.6 Å². The smallest absolute Gasteiger partial charge is 0.251 e. The van der Waals surface area contributed by atoms with Crippen molar-refractivity contribution in [2.24, 2.45) is 5.92 Å². The molecular formula is C28H29Cl3N2O2. The molecule has 1 fully saturated rings. The zero-order valence-electron chi connectivity index (χ0n) is 19.8. The van der Waals surface area contributed by atoms with E-state index in [-0.39, 0.29) is 17.7 Å². The monoisotopic (exact) mass is 530 g/mol. The summed E-state index contributed by atoms with van der Waals surface area (Å²) in [5, 5.41) is 14.8. The van der Waals surface area contributed by atoms with E-state index < -0.39 is 0 Å². The minimum absolute atomic E-state index is 0.101. The third kappa shape index (κ3) is 6.06. The summed E-state index contributed by atoms with van der Waals surface area (Å²) in [5.74, 6) is 0.489. The van der Waals surface area contributed by atoms with E-state index in [1.807, 2.05) is 50.2 Å². The standard InChI is InChI=1S/C28H29Cl3N2O2/c1-17-13-23(34)14-18(2)27(17)28(35)32-12-11-19-3-10-26(24-9-6-21(30)15-25(24)31)33(16-19)22-7-4-20(29)5-8-22/h4-9,13-15,19,26,34H,3,10-12,16H2,1-2H3,(H,32,35)/t19-,26-/m0/s1. The van der Waals surface area contributed by atoms with Crippen LogP contribution in [0.25, 0.3) is 0 Å². The Balaban J connectivity index is 1.46. The molecule has 0 spiro atoms. The Labute approximate surface area is 221 Å². The number of benzene rings is 3. The number of hydrogen-bond donors (Lipinski definition) is 2. The van der Waals surface area contributed by atoms with Gasteiger partial charge in [-0.15, -0.1) is 0 Å². The molecule has 1 heterocycles. The van der Waals surface area contributed by atoms with Gasteiger partial charge in [0, 0.05) is 39.4 Å². The number of piperidine rings is 1. The van der Waals surface area contributed by atoms with Gasteiger partial charge in [-0.1, -0.05) is 40.9 Å². The Hall–Kier alpha value is -2.40. The highest BCUT2D eigenvalue weighted by Crippen LogP contribution is 2.41. The molecule has 3 aromatic rings. The molecule has 0 radical (unpaired) electrons. The molecule has 1 amide bonds. The predicted molar refractivity (Wildman–Crippen MR) is 145 cm³/mol. The van der Waals surface area contributed by atoms with Crippen LogP contribution in [0, 0.1) is 19.8 Å². The summed E-state index contributed by atoms with van der Waals surface area (Å²) >= 11 is 18.9. The fourth-order valence-electron chi connectivity index (χ4n) is 5.07. The molecule has 0 bridgehead atoms. The summed E-state index contributed by atoms with van der Waals surface area (Å²) in [6, 6.07) is 17.0. The Morgan fingerprint density at radius 1 is 0.971 bits per heavy atom. The molecule has 1 saturated heterocycles. The van der Waals surface area contributed by atoms with Crippen molar-refractivity contribution in [1.29, 1.82) is 0 Å². The van der Waals surface area contributed by atoms with E-state index in [0.29, 0.717) is 33.1 Å². The van der Waals surface area contributed by atoms with Gasteiger partial charge in [-0.25, -0.2) is 0 Å². The van der Waals surface area contributed by atoms with Crippen LogP contribution in [0.5, 0.6) is 5.75 Å². The van der Waals surface area contributed by atoms with Crippen molar-refractivity contribution < 1.29 is 9.90 Å². The van der Waals surface area contributed by atoms with Crippen molar-refractivity contribution >= 4 is 46.4 Å². The molecule has 7 heteroatoms. The van der Waals surface area contributed by atoms with Gasteiger partial charge >= 0.3 is 0 Å². The number of aromatic hydroxyl groups is 1. The molecular weight excluding hydrogens is 503 g/mol. The van der Waals surface area contributed by atoms with E-state index in [0.717, 1.165) is 48.2 Å². The van der Waals surface area contributed by atoms with Gasteiger partial charge < -0.3 is 15.3 Å². The lowest BCUT2D eigenvalue weighted by atomic mass is 9.86. The number of phenolic OH excluding ortho intramolecular Hbond substituents is 1. The van der Waals surface area contributed by atoms with E-state index in [2.05, 4.69) is 10.2 Å². The number of nitrogens with zero attached hydrogens (tertiary/aromatic N) is 1. The van der Waals surface area contributed by atoms with Crippen LogP contribution in [-0.4, -0.2) is 24.1 Å². The number of carbonyl (C=O) groups is 1. The lowest BCUT2D eigenvalue weighted by molar-refractivity contribution is 0.0949. The molecule has 4 rings (SSSR count). The minimum Gasteiger partial charge on any atom is -0.508 e. The maximum atomic E-state index is 12.8. The van der Waals surface area contributed by atoms with Crippen LogP contribution in [0.1, 0.15) is 52.4 Å². The molecule has 0 saturated carbocycles. The first kappa shape index (κ1) is 25.7. The number of aryl methyl sites for hydroxylation is 2. The Bertz CT molecular complexity index is 1190. The van der Waals surface area contributed by atoms with Gasteiger partial charge in [0.2, 0.25) is 0 Å². The van der Waals surface area contributed by atoms with E-state index in [1.54, 1.807) is 18.2 Å². The van der Waals surface area contributed by atoms with Gasteiger partial charge in [0.15, 0.2) is 0 Å². The van der Waals surface area contributed by atoms with Crippen LogP contribution in [0.15, 0.2) is 54.6 Å². The highest BCUT2D eigenvalue weighted by molar-refractivity contribution is 6.35. The molecule has 3 aromatic carbocycles. The zero-order chi connectivity index (χ0) is 25.1. The van der Waals surface area contributed by atoms with Crippen LogP contribution < -0.4 is 10.2 Å². The normalized spacial score (nSPS) is 17.9. The molecule has 1 aliphatic rings. The number of amides is 1. The fourth-order valence-corrected chi connectivity index (χ4v) is 5.73. The summed E-state index contributed by atoms with van der Waals surface area (Å²) in [6.45, 7) is 5.12. The van der Waals surface area contributed by atoms with Gasteiger partial charge in [-0.3, -0.25) is 4.79 Å². The molecule has 0 aliphatic carbocycles. The lowest BCUT2D eigenvalue weighted by Crippen LogP contribution is -2.39. The summed E-state index contributed by atoms with van der Waals surface area (Å²) in [5.41, 5.74) is 4.33. The average Bonchev–Trinajstić information content (AvgIpc) is 2.79. The molecule has 0 aromatic heterocycles. The molecule has 35 heavy (non-hydrogen) atoms. The van der Waals surface area contributed by atoms with Gasteiger partial charge in [0.05, 0.1) is 6.04 Å². The van der Waals surface area contributed by atoms with Crippen molar-refractivity contribution in [3.63, 3.8) is 0 Å². The van der Waals surface area contributed by atoms with Gasteiger partial charge in [-0.05, 0) is 104 Å². The van der Waals surface area contributed by atoms with Crippen LogP contribution in [0.2, 0.25) is 15.1 Å². The first-order chi connectivity index (χ1) is 16.7. The maximum absolute atomic E-state index is 12.8. The third-order valence-corrected chi connectivity index (χ3v) is 7.56. The van der Waals surface area contributed by atoms with Crippen molar-refractivity contribution in [3.8, 4) is 5.75 Å². The second kappa shape index (κ2) is 11.1. The molecule has 1 aliphatic heterocycles. The number of halogens is 3. The Morgan fingerprint density at radius 2 is 1.63 bits per heavy atom. The fraction of sp³-hybridized carbons (Fsp3) is 0.321. The lowest BCUT2D eigenvalue weighted by Gasteiger charge is -2.42. The quantitative estimate of drug-likeness (QED) is 0.342. The predicted octanol–water partition coefficient (Wildman–Crippen LogP) is 7.75. The van der Waals surface area contributed by atoms with Crippen molar-refractivity contribution in [1.82, 2.24) is 5.32 Å². The molecule has 0 unspecified atom stereocenters. The first-order valence-electron chi connectivity index (χ1n) is 11.8. The van der Waals surface area contributed by atoms with Crippen LogP contribution in [0.3, 0.4) is 0 Å². The molecule has 2 N–H and O–H groups in total. The number of anilines is 1. The Kier molecular flexibility index (Phi) is 8.16. The van der Waals surface area contributed by atoms with E-state index in [1.165, 1.54) is 0 Å². The summed E-state index contributed by atoms with van der Waals surface area (Å²) in [7, 11) is 0. The minimum atomic E-state index is -0.101. The molecule has 4 nitrogen and oxygen atoms in total. The number of nitrogens with one attached hydrogen (secondary N) is 1. The summed E-state index contributed by atoms with van der Waals surface area (Å²) < 4.78 is 0. The van der Waals surface area contributed by atoms with Crippen LogP contribution in [-0.2, 0) is 0 Å². The van der Waals surface area contributed by atoms with Crippen molar-refractivity contribution in [2.75, 3.05) is 18.0 Å². The Morgan fingerprint density at radius 3 is 2.29 bits per heavy atom. The SMILES string of the molecule is Cc1cc(O)cc(C)c1C(=O)NCC[C@@H]1CC[C@@H](c2ccc(Cl)cc2Cl)N(c2ccc(Cl)cc2)C1. The highest BCUT2D eigenvalue weighted by atomic mass is 35.5. The van der Waals surface area contributed by atoms with Crippen molar-refractivity contribution in [2.45, 2.75) is 39.2 Å². The first-order valence-corrected chi connectivity index (χ1v) is 12.9. The second-order valence-electron chi connectivity index (χ2n) is 9.25. The summed E-state index contributed by atoms with van der Waals surface area (Å²) in [6.07, 6.45) is 2.84. The van der Waals surface area contributed by atoms with E-state index in [4.69, 9.17) is 34.8 Å². The van der Waals surface area contributed by atoms with E-state index >= 15 is 0 Å². The van der Waals surface area contributed by atoms with Gasteiger partial charge in [0.1, 0.15) is 5.75 Å². The number of carbonyl (C=O) groups excluding carboxylic acids is 1. The number of hydrogen-bond acceptors (Lipinski definition) is 3. The van der Waals surface area contributed by atoms with Crippen molar-refractivity contribution in [3.05, 3.63) is 91.9 Å². The molecule has 2 atom stereocenters. The van der Waals surface area contributed by atoms with Crippen LogP contribution in [0.4, 0.5) is 5.69 Å². The van der Waals surface area contributed by atoms with Gasteiger partial charge in [0.25, 0.3) is 5.91 Å². The molecule has 184 valence electrons. The highest BCUT2D eigenvalue weighted by Gasteiger charge is 2.31.